The zero-order valence-corrected chi connectivity index (χ0v) is 20.7. The highest BCUT2D eigenvalue weighted by Gasteiger charge is 2.31. The molecule has 0 spiro atoms. The van der Waals surface area contributed by atoms with Crippen molar-refractivity contribution in [2.24, 2.45) is 31.7 Å². The van der Waals surface area contributed by atoms with Crippen LogP contribution in [-0.2, 0) is 13.1 Å². The van der Waals surface area contributed by atoms with Crippen molar-refractivity contribution in [3.05, 3.63) is 69.7 Å². The third kappa shape index (κ3) is 7.04. The van der Waals surface area contributed by atoms with Crippen LogP contribution in [0.25, 0.3) is 0 Å². The smallest absolute Gasteiger partial charge is 0.135 e. The lowest BCUT2D eigenvalue weighted by Gasteiger charge is -2.26. The normalized spacial score (nSPS) is 16.7. The zero-order valence-electron chi connectivity index (χ0n) is 19.1. The molecular weight excluding hydrogens is 443 g/mol. The van der Waals surface area contributed by atoms with Crippen LogP contribution in [0.4, 0.5) is 0 Å². The van der Waals surface area contributed by atoms with Gasteiger partial charge in [-0.1, -0.05) is 61.3 Å². The van der Waals surface area contributed by atoms with E-state index in [2.05, 4.69) is 20.2 Å². The molecule has 0 saturated carbocycles. The number of azo groups is 1. The Labute approximate surface area is 200 Å². The van der Waals surface area contributed by atoms with Crippen molar-refractivity contribution in [1.29, 1.82) is 0 Å². The molecule has 0 radical (unpaired) electrons. The van der Waals surface area contributed by atoms with Crippen LogP contribution in [0.3, 0.4) is 0 Å². The van der Waals surface area contributed by atoms with Gasteiger partial charge in [0, 0.05) is 10.0 Å². The Balaban J connectivity index is 2.17. The fourth-order valence-electron chi connectivity index (χ4n) is 2.70. The Morgan fingerprint density at radius 1 is 0.688 bits per heavy atom. The van der Waals surface area contributed by atoms with Crippen LogP contribution in [-0.4, -0.2) is 22.7 Å². The van der Waals surface area contributed by atoms with E-state index in [1.54, 1.807) is 0 Å². The van der Waals surface area contributed by atoms with Gasteiger partial charge in [-0.25, -0.2) is 0 Å². The summed E-state index contributed by atoms with van der Waals surface area (Å²) in [5.41, 5.74) is 13.2. The molecule has 2 aromatic rings. The molecule has 8 heteroatoms. The first-order valence-electron chi connectivity index (χ1n) is 10.7. The van der Waals surface area contributed by atoms with Crippen LogP contribution in [0.5, 0.6) is 0 Å². The van der Waals surface area contributed by atoms with Crippen LogP contribution >= 0.6 is 23.2 Å². The van der Waals surface area contributed by atoms with Crippen molar-refractivity contribution in [3.63, 3.8) is 0 Å². The van der Waals surface area contributed by atoms with Crippen molar-refractivity contribution in [1.82, 2.24) is 0 Å². The number of benzene rings is 2. The molecular formula is C24H32Cl2N6. The van der Waals surface area contributed by atoms with E-state index >= 15 is 0 Å². The highest BCUT2D eigenvalue weighted by Crippen LogP contribution is 2.23. The van der Waals surface area contributed by atoms with Crippen molar-refractivity contribution in [2.75, 3.05) is 0 Å². The number of nitrogens with two attached hydrogens (primary N) is 2. The summed E-state index contributed by atoms with van der Waals surface area (Å²) in [5, 5.41) is 10.6. The maximum Gasteiger partial charge on any atom is 0.135 e. The molecule has 172 valence electrons. The first kappa shape index (κ1) is 25.8. The molecule has 0 aliphatic carbocycles. The Kier molecular flexibility index (Phi) is 9.22. The van der Waals surface area contributed by atoms with Gasteiger partial charge in [-0.15, -0.1) is 0 Å². The summed E-state index contributed by atoms with van der Waals surface area (Å²) in [6.45, 7) is 8.76. The fraction of sp³-hybridized carbons (Fsp3) is 0.417. The molecule has 0 saturated heterocycles. The van der Waals surface area contributed by atoms with Gasteiger partial charge in [0.05, 0.1) is 13.1 Å². The molecule has 0 amide bonds. The predicted molar refractivity (Wildman–Crippen MR) is 136 cm³/mol. The monoisotopic (exact) mass is 474 g/mol. The molecule has 2 rings (SSSR count). The van der Waals surface area contributed by atoms with Crippen LogP contribution < -0.4 is 11.5 Å². The van der Waals surface area contributed by atoms with Gasteiger partial charge in [0.1, 0.15) is 22.7 Å². The lowest BCUT2D eigenvalue weighted by Crippen LogP contribution is -2.42. The third-order valence-corrected chi connectivity index (χ3v) is 6.17. The average Bonchev–Trinajstić information content (AvgIpc) is 2.81. The van der Waals surface area contributed by atoms with Gasteiger partial charge in [0.25, 0.3) is 0 Å². The highest BCUT2D eigenvalue weighted by atomic mass is 35.5. The molecule has 0 bridgehead atoms. The first-order chi connectivity index (χ1) is 15.1. The first-order valence-corrected chi connectivity index (χ1v) is 11.4. The van der Waals surface area contributed by atoms with Crippen LogP contribution in [0.15, 0.2) is 68.7 Å². The van der Waals surface area contributed by atoms with Gasteiger partial charge in [0.2, 0.25) is 0 Å². The van der Waals surface area contributed by atoms with Gasteiger partial charge >= 0.3 is 0 Å². The summed E-state index contributed by atoms with van der Waals surface area (Å²) in [6.07, 6.45) is 1.29. The van der Waals surface area contributed by atoms with E-state index in [1.807, 2.05) is 76.2 Å². The van der Waals surface area contributed by atoms with Crippen LogP contribution in [0.2, 0.25) is 10.0 Å². The summed E-state index contributed by atoms with van der Waals surface area (Å²) < 4.78 is 0. The topological polar surface area (TPSA) is 101 Å². The molecule has 0 aliphatic heterocycles. The Morgan fingerprint density at radius 3 is 1.28 bits per heavy atom. The predicted octanol–water partition coefficient (Wildman–Crippen LogP) is 6.20. The van der Waals surface area contributed by atoms with Gasteiger partial charge < -0.3 is 11.5 Å². The van der Waals surface area contributed by atoms with Crippen molar-refractivity contribution < 1.29 is 0 Å². The minimum Gasteiger partial charge on any atom is -0.385 e. The maximum absolute atomic E-state index is 6.33. The van der Waals surface area contributed by atoms with E-state index in [4.69, 9.17) is 34.7 Å². The standard InChI is InChI=1S/C24H32Cl2N6/c1-5-23(3,21(27)29-15-17-7-11-19(25)12-8-17)31-32-24(4,6-2)22(28)30-16-18-9-13-20(26)14-10-18/h7-14H,5-6,15-16H2,1-4H3,(H2,27,29)(H2,28,30). The number of nitrogens with zero attached hydrogens (tertiary/aromatic N) is 4. The second kappa shape index (κ2) is 11.4. The molecule has 2 atom stereocenters. The summed E-state index contributed by atoms with van der Waals surface area (Å²) in [4.78, 5) is 9.09. The van der Waals surface area contributed by atoms with Gasteiger partial charge in [-0.3, -0.25) is 9.98 Å². The Bertz CT molecular complexity index is 889. The lowest BCUT2D eigenvalue weighted by atomic mass is 9.97. The number of aliphatic imine (C=N–C) groups is 2. The quantitative estimate of drug-likeness (QED) is 0.243. The summed E-state index contributed by atoms with van der Waals surface area (Å²) >= 11 is 11.9. The Morgan fingerprint density at radius 2 is 1.00 bits per heavy atom. The number of hydrogen-bond donors (Lipinski definition) is 2. The molecule has 2 unspecified atom stereocenters. The van der Waals surface area contributed by atoms with Crippen LogP contribution in [0, 0.1) is 0 Å². The van der Waals surface area contributed by atoms with E-state index in [9.17, 15) is 0 Å². The molecule has 0 fully saturated rings. The molecule has 0 heterocycles. The second-order valence-electron chi connectivity index (χ2n) is 8.11. The van der Waals surface area contributed by atoms with E-state index in [0.29, 0.717) is 47.6 Å². The molecule has 6 nitrogen and oxygen atoms in total. The zero-order chi connectivity index (χ0) is 23.8. The molecule has 32 heavy (non-hydrogen) atoms. The lowest BCUT2D eigenvalue weighted by molar-refractivity contribution is 0.488. The van der Waals surface area contributed by atoms with E-state index in [1.165, 1.54) is 0 Å². The maximum atomic E-state index is 6.33. The SMILES string of the molecule is CCC(C)(N=NC(C)(CC)C(N)=NCc1ccc(Cl)cc1)C(N)=NCc1ccc(Cl)cc1. The Hall–Kier alpha value is -2.44. The van der Waals surface area contributed by atoms with Crippen LogP contribution in [0.1, 0.15) is 51.7 Å². The van der Waals surface area contributed by atoms with E-state index < -0.39 is 11.1 Å². The molecule has 0 aliphatic rings. The highest BCUT2D eigenvalue weighted by molar-refractivity contribution is 6.30. The second-order valence-corrected chi connectivity index (χ2v) is 8.98. The minimum absolute atomic E-state index is 0.425. The fourth-order valence-corrected chi connectivity index (χ4v) is 2.95. The van der Waals surface area contributed by atoms with E-state index in [0.717, 1.165) is 11.1 Å². The van der Waals surface area contributed by atoms with Crippen molar-refractivity contribution >= 4 is 34.9 Å². The van der Waals surface area contributed by atoms with Gasteiger partial charge in [-0.05, 0) is 62.1 Å². The number of halogens is 2. The summed E-state index contributed by atoms with van der Waals surface area (Å²) in [7, 11) is 0. The molecule has 2 aromatic carbocycles. The molecule has 0 aromatic heterocycles. The largest absolute Gasteiger partial charge is 0.385 e. The minimum atomic E-state index is -0.737. The number of rotatable bonds is 10. The molecule has 4 N–H and O–H groups in total. The average molecular weight is 475 g/mol. The number of amidine groups is 2. The van der Waals surface area contributed by atoms with Gasteiger partial charge in [0.15, 0.2) is 0 Å². The number of hydrogen-bond acceptors (Lipinski definition) is 4. The summed E-state index contributed by atoms with van der Waals surface area (Å²) in [5.74, 6) is 0.850. The van der Waals surface area contributed by atoms with E-state index in [-0.39, 0.29) is 0 Å². The summed E-state index contributed by atoms with van der Waals surface area (Å²) in [6, 6.07) is 15.0. The van der Waals surface area contributed by atoms with Crippen molar-refractivity contribution in [3.8, 4) is 0 Å². The van der Waals surface area contributed by atoms with Crippen molar-refractivity contribution in [2.45, 2.75) is 64.7 Å². The van der Waals surface area contributed by atoms with Gasteiger partial charge in [-0.2, -0.15) is 10.2 Å². The third-order valence-electron chi connectivity index (χ3n) is 5.66.